The van der Waals surface area contributed by atoms with Crippen LogP contribution in [-0.2, 0) is 17.8 Å². The maximum atomic E-state index is 13.9. The summed E-state index contributed by atoms with van der Waals surface area (Å²) in [7, 11) is 0. The SMILES string of the molecule is C[C@H](NC(=O)[C@H]1Cc2ccccc2CN1CCOc1ccccc1F)c1ccc(C(=O)O)cc1. The summed E-state index contributed by atoms with van der Waals surface area (Å²) in [6.45, 7) is 3.17. The van der Waals surface area contributed by atoms with Crippen molar-refractivity contribution in [2.45, 2.75) is 32.0 Å². The summed E-state index contributed by atoms with van der Waals surface area (Å²) >= 11 is 0. The number of hydrogen-bond acceptors (Lipinski definition) is 4. The van der Waals surface area contributed by atoms with Crippen molar-refractivity contribution in [3.8, 4) is 5.75 Å². The van der Waals surface area contributed by atoms with Crippen LogP contribution >= 0.6 is 0 Å². The highest BCUT2D eigenvalue weighted by Gasteiger charge is 2.32. The number of para-hydroxylation sites is 1. The second-order valence-electron chi connectivity index (χ2n) is 8.40. The van der Waals surface area contributed by atoms with Crippen molar-refractivity contribution in [2.75, 3.05) is 13.2 Å². The molecular weight excluding hydrogens is 435 g/mol. The molecule has 1 aliphatic heterocycles. The summed E-state index contributed by atoms with van der Waals surface area (Å²) in [6.07, 6.45) is 0.562. The summed E-state index contributed by atoms with van der Waals surface area (Å²) in [6, 6.07) is 20.1. The second-order valence-corrected chi connectivity index (χ2v) is 8.40. The average Bonchev–Trinajstić information content (AvgIpc) is 2.84. The normalized spacial score (nSPS) is 16.4. The van der Waals surface area contributed by atoms with E-state index in [0.29, 0.717) is 19.5 Å². The Balaban J connectivity index is 1.45. The van der Waals surface area contributed by atoms with Crippen LogP contribution in [0.1, 0.15) is 40.0 Å². The topological polar surface area (TPSA) is 78.9 Å². The number of rotatable bonds is 8. The van der Waals surface area contributed by atoms with Gasteiger partial charge in [0.15, 0.2) is 11.6 Å². The van der Waals surface area contributed by atoms with Gasteiger partial charge in [-0.1, -0.05) is 48.5 Å². The molecule has 2 N–H and O–H groups in total. The number of fused-ring (bicyclic) bond motifs is 1. The van der Waals surface area contributed by atoms with Gasteiger partial charge in [-0.2, -0.15) is 0 Å². The standard InChI is InChI=1S/C27H27FN2O4/c1-18(19-10-12-20(13-11-19)27(32)33)29-26(31)24-16-21-6-2-3-7-22(21)17-30(24)14-15-34-25-9-5-4-8-23(25)28/h2-13,18,24H,14-17H2,1H3,(H,29,31)(H,32,33)/t18-,24+/m0/s1. The fourth-order valence-electron chi connectivity index (χ4n) is 4.21. The number of benzene rings is 3. The lowest BCUT2D eigenvalue weighted by atomic mass is 9.93. The third kappa shape index (κ3) is 5.43. The fraction of sp³-hybridized carbons (Fsp3) is 0.259. The van der Waals surface area contributed by atoms with E-state index in [2.05, 4.69) is 16.3 Å². The first-order valence-electron chi connectivity index (χ1n) is 11.2. The number of carboxylic acid groups (broad SMARTS) is 1. The van der Waals surface area contributed by atoms with Gasteiger partial charge in [0.25, 0.3) is 0 Å². The van der Waals surface area contributed by atoms with Crippen LogP contribution in [0.4, 0.5) is 4.39 Å². The highest BCUT2D eigenvalue weighted by atomic mass is 19.1. The van der Waals surface area contributed by atoms with Gasteiger partial charge in [-0.05, 0) is 54.3 Å². The Morgan fingerprint density at radius 2 is 1.74 bits per heavy atom. The van der Waals surface area contributed by atoms with E-state index in [1.54, 1.807) is 30.3 Å². The number of amides is 1. The van der Waals surface area contributed by atoms with Gasteiger partial charge in [0.05, 0.1) is 17.6 Å². The summed E-state index contributed by atoms with van der Waals surface area (Å²) in [5.41, 5.74) is 3.32. The molecule has 0 fully saturated rings. The molecular formula is C27H27FN2O4. The lowest BCUT2D eigenvalue weighted by Gasteiger charge is -2.36. The molecule has 1 heterocycles. The number of nitrogens with zero attached hydrogens (tertiary/aromatic N) is 1. The predicted octanol–water partition coefficient (Wildman–Crippen LogP) is 4.21. The van der Waals surface area contributed by atoms with Gasteiger partial charge in [0.1, 0.15) is 6.61 Å². The Kier molecular flexibility index (Phi) is 7.23. The number of nitrogens with one attached hydrogen (secondary N) is 1. The molecule has 176 valence electrons. The Hall–Kier alpha value is -3.71. The highest BCUT2D eigenvalue weighted by Crippen LogP contribution is 2.25. The Morgan fingerprint density at radius 3 is 2.44 bits per heavy atom. The van der Waals surface area contributed by atoms with Crippen LogP contribution in [0.3, 0.4) is 0 Å². The average molecular weight is 463 g/mol. The van der Waals surface area contributed by atoms with E-state index in [1.807, 2.05) is 25.1 Å². The molecule has 0 aliphatic carbocycles. The Morgan fingerprint density at radius 1 is 1.06 bits per heavy atom. The number of hydrogen-bond donors (Lipinski definition) is 2. The summed E-state index contributed by atoms with van der Waals surface area (Å²) in [5, 5.41) is 12.2. The number of halogens is 1. The van der Waals surface area contributed by atoms with E-state index in [1.165, 1.54) is 18.2 Å². The monoisotopic (exact) mass is 462 g/mol. The molecule has 0 saturated heterocycles. The molecule has 0 unspecified atom stereocenters. The van der Waals surface area contributed by atoms with Crippen LogP contribution in [0.25, 0.3) is 0 Å². The molecule has 7 heteroatoms. The second kappa shape index (κ2) is 10.5. The van der Waals surface area contributed by atoms with Gasteiger partial charge in [0, 0.05) is 13.1 Å². The molecule has 4 rings (SSSR count). The van der Waals surface area contributed by atoms with E-state index in [4.69, 9.17) is 9.84 Å². The van der Waals surface area contributed by atoms with Crippen LogP contribution in [0.5, 0.6) is 5.75 Å². The first kappa shape index (κ1) is 23.4. The maximum absolute atomic E-state index is 13.9. The van der Waals surface area contributed by atoms with Crippen LogP contribution in [0.15, 0.2) is 72.8 Å². The largest absolute Gasteiger partial charge is 0.489 e. The van der Waals surface area contributed by atoms with Crippen molar-refractivity contribution >= 4 is 11.9 Å². The van der Waals surface area contributed by atoms with Gasteiger partial charge in [-0.3, -0.25) is 9.69 Å². The van der Waals surface area contributed by atoms with Crippen molar-refractivity contribution < 1.29 is 23.8 Å². The van der Waals surface area contributed by atoms with Crippen molar-refractivity contribution in [3.63, 3.8) is 0 Å². The first-order chi connectivity index (χ1) is 16.4. The molecule has 0 saturated carbocycles. The molecule has 34 heavy (non-hydrogen) atoms. The van der Waals surface area contributed by atoms with E-state index in [-0.39, 0.29) is 29.9 Å². The van der Waals surface area contributed by atoms with E-state index in [0.717, 1.165) is 16.7 Å². The van der Waals surface area contributed by atoms with Crippen molar-refractivity contribution in [1.82, 2.24) is 10.2 Å². The van der Waals surface area contributed by atoms with Crippen molar-refractivity contribution in [3.05, 3.63) is 101 Å². The van der Waals surface area contributed by atoms with Crippen molar-refractivity contribution in [1.29, 1.82) is 0 Å². The Bertz CT molecular complexity index is 1170. The van der Waals surface area contributed by atoms with Crippen LogP contribution in [0.2, 0.25) is 0 Å². The molecule has 2 atom stereocenters. The quantitative estimate of drug-likeness (QED) is 0.524. The lowest BCUT2D eigenvalue weighted by Crippen LogP contribution is -2.51. The minimum atomic E-state index is -0.989. The molecule has 6 nitrogen and oxygen atoms in total. The van der Waals surface area contributed by atoms with E-state index >= 15 is 0 Å². The molecule has 0 aromatic heterocycles. The van der Waals surface area contributed by atoms with Gasteiger partial charge < -0.3 is 15.2 Å². The van der Waals surface area contributed by atoms with Crippen LogP contribution in [-0.4, -0.2) is 41.1 Å². The minimum absolute atomic E-state index is 0.116. The highest BCUT2D eigenvalue weighted by molar-refractivity contribution is 5.87. The maximum Gasteiger partial charge on any atom is 0.335 e. The van der Waals surface area contributed by atoms with Gasteiger partial charge in [-0.25, -0.2) is 9.18 Å². The van der Waals surface area contributed by atoms with Crippen molar-refractivity contribution in [2.24, 2.45) is 0 Å². The minimum Gasteiger partial charge on any atom is -0.489 e. The zero-order valence-electron chi connectivity index (χ0n) is 18.9. The molecule has 0 bridgehead atoms. The van der Waals surface area contributed by atoms with Gasteiger partial charge >= 0.3 is 5.97 Å². The first-order valence-corrected chi connectivity index (χ1v) is 11.2. The number of carbonyl (C=O) groups excluding carboxylic acids is 1. The summed E-state index contributed by atoms with van der Waals surface area (Å²) < 4.78 is 19.5. The summed E-state index contributed by atoms with van der Waals surface area (Å²) in [4.78, 5) is 26.5. The molecule has 1 amide bonds. The lowest BCUT2D eigenvalue weighted by molar-refractivity contribution is -0.127. The zero-order chi connectivity index (χ0) is 24.1. The number of carboxylic acids is 1. The third-order valence-electron chi connectivity index (χ3n) is 6.14. The molecule has 0 radical (unpaired) electrons. The van der Waals surface area contributed by atoms with Gasteiger partial charge in [0.2, 0.25) is 5.91 Å². The third-order valence-corrected chi connectivity index (χ3v) is 6.14. The number of carbonyl (C=O) groups is 2. The fourth-order valence-corrected chi connectivity index (χ4v) is 4.21. The molecule has 1 aliphatic rings. The van der Waals surface area contributed by atoms with Gasteiger partial charge in [-0.15, -0.1) is 0 Å². The number of aromatic carboxylic acids is 1. The van der Waals surface area contributed by atoms with Crippen LogP contribution in [0, 0.1) is 5.82 Å². The summed E-state index contributed by atoms with van der Waals surface area (Å²) in [5.74, 6) is -1.32. The molecule has 3 aromatic rings. The predicted molar refractivity (Wildman–Crippen MR) is 126 cm³/mol. The zero-order valence-corrected chi connectivity index (χ0v) is 18.9. The Labute approximate surface area is 198 Å². The van der Waals surface area contributed by atoms with E-state index in [9.17, 15) is 14.0 Å². The molecule has 0 spiro atoms. The van der Waals surface area contributed by atoms with E-state index < -0.39 is 17.8 Å². The van der Waals surface area contributed by atoms with Crippen LogP contribution < -0.4 is 10.1 Å². The molecule has 3 aromatic carbocycles. The number of ether oxygens (including phenoxy) is 1. The smallest absolute Gasteiger partial charge is 0.335 e.